The maximum absolute atomic E-state index is 13.2. The maximum atomic E-state index is 13.2. The summed E-state index contributed by atoms with van der Waals surface area (Å²) in [7, 11) is 3.05. The zero-order valence-corrected chi connectivity index (χ0v) is 18.8. The van der Waals surface area contributed by atoms with Gasteiger partial charge < -0.3 is 19.5 Å². The third kappa shape index (κ3) is 3.87. The zero-order valence-electron chi connectivity index (χ0n) is 18.0. The molecule has 6 nitrogen and oxygen atoms in total. The molecule has 3 aromatic rings. The van der Waals surface area contributed by atoms with Crippen molar-refractivity contribution in [2.24, 2.45) is 0 Å². The van der Waals surface area contributed by atoms with Gasteiger partial charge in [-0.1, -0.05) is 29.8 Å². The van der Waals surface area contributed by atoms with Gasteiger partial charge in [0, 0.05) is 4.88 Å². The molecule has 1 aliphatic heterocycles. The highest BCUT2D eigenvalue weighted by molar-refractivity contribution is 7.09. The van der Waals surface area contributed by atoms with Crippen LogP contribution < -0.4 is 9.47 Å². The van der Waals surface area contributed by atoms with Gasteiger partial charge in [0.15, 0.2) is 0 Å². The van der Waals surface area contributed by atoms with Crippen molar-refractivity contribution in [3.8, 4) is 11.5 Å². The number of nitrogens with zero attached hydrogens (tertiary/aromatic N) is 1. The van der Waals surface area contributed by atoms with E-state index in [1.165, 1.54) is 23.3 Å². The summed E-state index contributed by atoms with van der Waals surface area (Å²) in [4.78, 5) is 28.7. The molecule has 1 atom stereocenters. The molecule has 4 rings (SSSR count). The monoisotopic (exact) mass is 449 g/mol. The maximum Gasteiger partial charge on any atom is 0.295 e. The standard InChI is InChI=1S/C25H23NO5S/c1-15-9-10-20(31-3)19(12-15)23(27)21-22(16-6-4-7-17(13-16)30-2)26(25(29)24(21)28)14-18-8-5-11-32-18/h4-13,22,27H,14H2,1-3H3/b23-21+. The number of hydrogen-bond donors (Lipinski definition) is 1. The van der Waals surface area contributed by atoms with Gasteiger partial charge in [-0.15, -0.1) is 11.3 Å². The minimum absolute atomic E-state index is 0.0312. The number of aliphatic hydroxyl groups excluding tert-OH is 1. The van der Waals surface area contributed by atoms with E-state index < -0.39 is 17.7 Å². The van der Waals surface area contributed by atoms with Crippen molar-refractivity contribution in [2.45, 2.75) is 19.5 Å². The number of amides is 1. The minimum Gasteiger partial charge on any atom is -0.507 e. The molecule has 0 aliphatic carbocycles. The van der Waals surface area contributed by atoms with Crippen LogP contribution in [0.25, 0.3) is 5.76 Å². The summed E-state index contributed by atoms with van der Waals surface area (Å²) in [5.74, 6) is -0.625. The number of ether oxygens (including phenoxy) is 2. The molecule has 1 saturated heterocycles. The molecule has 1 N–H and O–H groups in total. The SMILES string of the molecule is COc1cccc(C2/C(=C(\O)c3cc(C)ccc3OC)C(=O)C(=O)N2Cc2cccs2)c1. The second-order valence-corrected chi connectivity index (χ2v) is 8.52. The average molecular weight is 450 g/mol. The molecule has 164 valence electrons. The molecule has 2 heterocycles. The Morgan fingerprint density at radius 3 is 2.56 bits per heavy atom. The predicted octanol–water partition coefficient (Wildman–Crippen LogP) is 4.70. The van der Waals surface area contributed by atoms with Crippen molar-refractivity contribution in [1.29, 1.82) is 0 Å². The van der Waals surface area contributed by atoms with E-state index in [-0.39, 0.29) is 17.9 Å². The molecular weight excluding hydrogens is 426 g/mol. The number of rotatable bonds is 6. The van der Waals surface area contributed by atoms with Gasteiger partial charge in [0.25, 0.3) is 11.7 Å². The summed E-state index contributed by atoms with van der Waals surface area (Å²) in [6.45, 7) is 2.14. The number of thiophene rings is 1. The van der Waals surface area contributed by atoms with Gasteiger partial charge >= 0.3 is 0 Å². The van der Waals surface area contributed by atoms with Crippen LogP contribution in [-0.2, 0) is 16.1 Å². The van der Waals surface area contributed by atoms with Crippen molar-refractivity contribution >= 4 is 28.8 Å². The zero-order chi connectivity index (χ0) is 22.8. The van der Waals surface area contributed by atoms with Crippen LogP contribution in [0.5, 0.6) is 11.5 Å². The Morgan fingerprint density at radius 2 is 1.88 bits per heavy atom. The first-order valence-electron chi connectivity index (χ1n) is 10.0. The van der Waals surface area contributed by atoms with Crippen molar-refractivity contribution in [3.63, 3.8) is 0 Å². The van der Waals surface area contributed by atoms with E-state index in [2.05, 4.69) is 0 Å². The summed E-state index contributed by atoms with van der Waals surface area (Å²) < 4.78 is 10.8. The van der Waals surface area contributed by atoms with Crippen LogP contribution in [0, 0.1) is 6.92 Å². The van der Waals surface area contributed by atoms with E-state index in [0.29, 0.717) is 22.6 Å². The van der Waals surface area contributed by atoms with Crippen molar-refractivity contribution in [3.05, 3.63) is 87.1 Å². The van der Waals surface area contributed by atoms with Crippen LogP contribution in [0.15, 0.2) is 65.6 Å². The van der Waals surface area contributed by atoms with Gasteiger partial charge in [0.1, 0.15) is 17.3 Å². The number of ketones is 1. The molecule has 7 heteroatoms. The summed E-state index contributed by atoms with van der Waals surface area (Å²) >= 11 is 1.50. The number of aryl methyl sites for hydroxylation is 1. The van der Waals surface area contributed by atoms with Gasteiger partial charge in [0.05, 0.1) is 37.9 Å². The Labute approximate surface area is 190 Å². The summed E-state index contributed by atoms with van der Waals surface area (Å²) in [6.07, 6.45) is 0. The lowest BCUT2D eigenvalue weighted by molar-refractivity contribution is -0.140. The molecule has 1 amide bonds. The minimum atomic E-state index is -0.766. The molecule has 1 fully saturated rings. The van der Waals surface area contributed by atoms with E-state index in [4.69, 9.17) is 9.47 Å². The average Bonchev–Trinajstić information content (AvgIpc) is 3.41. The third-order valence-electron chi connectivity index (χ3n) is 5.47. The quantitative estimate of drug-likeness (QED) is 0.336. The molecule has 1 unspecified atom stereocenters. The van der Waals surface area contributed by atoms with Gasteiger partial charge in [-0.05, 0) is 48.2 Å². The first-order valence-corrected chi connectivity index (χ1v) is 10.9. The molecule has 0 saturated carbocycles. The number of hydrogen-bond acceptors (Lipinski definition) is 6. The second-order valence-electron chi connectivity index (χ2n) is 7.49. The van der Waals surface area contributed by atoms with E-state index in [0.717, 1.165) is 10.4 Å². The van der Waals surface area contributed by atoms with Crippen LogP contribution in [-0.4, -0.2) is 35.9 Å². The smallest absolute Gasteiger partial charge is 0.295 e. The Bertz CT molecular complexity index is 1200. The van der Waals surface area contributed by atoms with Crippen LogP contribution in [0.2, 0.25) is 0 Å². The van der Waals surface area contributed by atoms with Crippen LogP contribution >= 0.6 is 11.3 Å². The Balaban J connectivity index is 1.92. The fourth-order valence-electron chi connectivity index (χ4n) is 3.92. The fraction of sp³-hybridized carbons (Fsp3) is 0.200. The van der Waals surface area contributed by atoms with Crippen molar-refractivity contribution in [2.75, 3.05) is 14.2 Å². The van der Waals surface area contributed by atoms with E-state index >= 15 is 0 Å². The van der Waals surface area contributed by atoms with E-state index in [1.54, 1.807) is 37.4 Å². The van der Waals surface area contributed by atoms with Crippen molar-refractivity contribution < 1.29 is 24.2 Å². The Morgan fingerprint density at radius 1 is 1.06 bits per heavy atom. The third-order valence-corrected chi connectivity index (χ3v) is 6.33. The molecule has 1 aromatic heterocycles. The predicted molar refractivity (Wildman–Crippen MR) is 123 cm³/mol. The Hall–Kier alpha value is -3.58. The second kappa shape index (κ2) is 8.88. The van der Waals surface area contributed by atoms with Gasteiger partial charge in [0.2, 0.25) is 0 Å². The lowest BCUT2D eigenvalue weighted by Crippen LogP contribution is -2.28. The number of Topliss-reactive ketones (excluding diaryl/α,β-unsaturated/α-hetero) is 1. The molecule has 0 bridgehead atoms. The molecular formula is C25H23NO5S. The van der Waals surface area contributed by atoms with Crippen molar-refractivity contribution in [1.82, 2.24) is 4.90 Å². The van der Waals surface area contributed by atoms with Crippen LogP contribution in [0.1, 0.15) is 27.6 Å². The first kappa shape index (κ1) is 21.6. The lowest BCUT2D eigenvalue weighted by atomic mass is 9.94. The number of methoxy groups -OCH3 is 2. The Kier molecular flexibility index (Phi) is 6.01. The number of carbonyl (C=O) groups excluding carboxylic acids is 2. The largest absolute Gasteiger partial charge is 0.507 e. The highest BCUT2D eigenvalue weighted by Crippen LogP contribution is 2.42. The van der Waals surface area contributed by atoms with Gasteiger partial charge in [-0.3, -0.25) is 9.59 Å². The summed E-state index contributed by atoms with van der Waals surface area (Å²) in [6, 6.07) is 15.6. The number of benzene rings is 2. The summed E-state index contributed by atoms with van der Waals surface area (Å²) in [5.41, 5.74) is 1.96. The first-order chi connectivity index (χ1) is 15.4. The van der Waals surface area contributed by atoms with Crippen LogP contribution in [0.3, 0.4) is 0 Å². The van der Waals surface area contributed by atoms with E-state index in [1.807, 2.05) is 36.6 Å². The lowest BCUT2D eigenvalue weighted by Gasteiger charge is -2.25. The molecule has 2 aromatic carbocycles. The molecule has 0 spiro atoms. The molecule has 0 radical (unpaired) electrons. The normalized spacial score (nSPS) is 17.6. The number of carbonyl (C=O) groups is 2. The number of likely N-dealkylation sites (tertiary alicyclic amines) is 1. The fourth-order valence-corrected chi connectivity index (χ4v) is 4.63. The highest BCUT2D eigenvalue weighted by atomic mass is 32.1. The molecule has 32 heavy (non-hydrogen) atoms. The molecule has 1 aliphatic rings. The summed E-state index contributed by atoms with van der Waals surface area (Å²) in [5, 5.41) is 13.2. The van der Waals surface area contributed by atoms with E-state index in [9.17, 15) is 14.7 Å². The number of aliphatic hydroxyl groups is 1. The van der Waals surface area contributed by atoms with Gasteiger partial charge in [-0.2, -0.15) is 0 Å². The highest BCUT2D eigenvalue weighted by Gasteiger charge is 2.46. The topological polar surface area (TPSA) is 76.1 Å². The van der Waals surface area contributed by atoms with Gasteiger partial charge in [-0.25, -0.2) is 0 Å². The van der Waals surface area contributed by atoms with Crippen LogP contribution in [0.4, 0.5) is 0 Å².